The maximum absolute atomic E-state index is 14.6. The van der Waals surface area contributed by atoms with Crippen molar-refractivity contribution < 1.29 is 12.8 Å². The Balaban J connectivity index is 1.24. The first-order valence-electron chi connectivity index (χ1n) is 13.9. The lowest BCUT2D eigenvalue weighted by Gasteiger charge is -2.14. The first kappa shape index (κ1) is 27.3. The molecular weight excluding hydrogens is 569 g/mol. The molecule has 0 bridgehead atoms. The molecule has 13 heteroatoms. The van der Waals surface area contributed by atoms with Crippen LogP contribution in [-0.2, 0) is 23.1 Å². The Morgan fingerprint density at radius 2 is 1.79 bits per heavy atom. The number of benzene rings is 1. The Kier molecular flexibility index (Phi) is 6.92. The van der Waals surface area contributed by atoms with Crippen molar-refractivity contribution in [3.8, 4) is 33.9 Å². The van der Waals surface area contributed by atoms with E-state index in [1.807, 2.05) is 18.5 Å². The van der Waals surface area contributed by atoms with Gasteiger partial charge in [0.25, 0.3) is 0 Å². The summed E-state index contributed by atoms with van der Waals surface area (Å²) in [6.45, 7) is 3.07. The molecule has 6 heterocycles. The number of halogens is 1. The topological polar surface area (TPSA) is 145 Å². The van der Waals surface area contributed by atoms with Crippen molar-refractivity contribution in [2.45, 2.75) is 25.9 Å². The van der Waals surface area contributed by atoms with E-state index in [1.165, 1.54) is 25.0 Å². The van der Waals surface area contributed by atoms with Crippen molar-refractivity contribution in [3.63, 3.8) is 0 Å². The summed E-state index contributed by atoms with van der Waals surface area (Å²) in [5.41, 5.74) is 6.90. The molecule has 1 aromatic carbocycles. The van der Waals surface area contributed by atoms with E-state index < -0.39 is 15.8 Å². The first-order valence-corrected chi connectivity index (χ1v) is 15.8. The summed E-state index contributed by atoms with van der Waals surface area (Å²) in [5, 5.41) is 8.24. The van der Waals surface area contributed by atoms with Gasteiger partial charge in [0.05, 0.1) is 22.9 Å². The highest BCUT2D eigenvalue weighted by atomic mass is 32.2. The number of aromatic amines is 2. The number of H-pyrrole nitrogens is 2. The molecule has 0 unspecified atom stereocenters. The third kappa shape index (κ3) is 5.74. The van der Waals surface area contributed by atoms with Crippen molar-refractivity contribution in [2.24, 2.45) is 0 Å². The Hall–Kier alpha value is -4.59. The molecule has 3 N–H and O–H groups in total. The van der Waals surface area contributed by atoms with Crippen LogP contribution in [0, 0.1) is 5.82 Å². The summed E-state index contributed by atoms with van der Waals surface area (Å²) >= 11 is 0. The zero-order valence-electron chi connectivity index (χ0n) is 23.3. The van der Waals surface area contributed by atoms with Crippen LogP contribution in [-0.4, -0.2) is 67.8 Å². The fourth-order valence-electron chi connectivity index (χ4n) is 5.54. The van der Waals surface area contributed by atoms with Gasteiger partial charge in [-0.05, 0) is 73.5 Å². The molecule has 1 aliphatic heterocycles. The van der Waals surface area contributed by atoms with Gasteiger partial charge in [-0.1, -0.05) is 0 Å². The molecule has 0 amide bonds. The number of hydrogen-bond donors (Lipinski definition) is 3. The minimum atomic E-state index is -3.44. The van der Waals surface area contributed by atoms with E-state index in [9.17, 15) is 12.8 Å². The summed E-state index contributed by atoms with van der Waals surface area (Å²) in [6.07, 6.45) is 10.7. The van der Waals surface area contributed by atoms with Crippen molar-refractivity contribution in [1.29, 1.82) is 0 Å². The van der Waals surface area contributed by atoms with Gasteiger partial charge in [-0.2, -0.15) is 5.10 Å². The normalized spacial score (nSPS) is 14.3. The zero-order valence-corrected chi connectivity index (χ0v) is 24.1. The lowest BCUT2D eigenvalue weighted by atomic mass is 10.1. The standard InChI is InChI=1S/C30H28FN9O2S/c1-43(41,42)35-14-18-8-20(11-23(31)10-18)26-28-25(4-5-33-26)36-30(37-28)27-24-12-22(16-34-29(24)39-38-27)21-9-19(13-32-15-21)17-40-6-2-3-7-40/h4-5,8-13,15-16,35H,2-3,6-7,14,17H2,1H3,(H,36,37)(H,34,38,39). The van der Waals surface area contributed by atoms with Crippen molar-refractivity contribution in [2.75, 3.05) is 19.3 Å². The molecule has 0 radical (unpaired) electrons. The Morgan fingerprint density at radius 3 is 2.63 bits per heavy atom. The van der Waals surface area contributed by atoms with E-state index in [1.54, 1.807) is 24.5 Å². The molecule has 0 saturated carbocycles. The van der Waals surface area contributed by atoms with Gasteiger partial charge >= 0.3 is 0 Å². The Labute approximate surface area is 246 Å². The first-order chi connectivity index (χ1) is 20.8. The maximum atomic E-state index is 14.6. The van der Waals surface area contributed by atoms with Gasteiger partial charge in [-0.15, -0.1) is 0 Å². The fourth-order valence-corrected chi connectivity index (χ4v) is 5.97. The van der Waals surface area contributed by atoms with Crippen LogP contribution in [0.2, 0.25) is 0 Å². The molecule has 6 aromatic rings. The average molecular weight is 598 g/mol. The van der Waals surface area contributed by atoms with Gasteiger partial charge in [0, 0.05) is 54.6 Å². The molecule has 0 atom stereocenters. The fraction of sp³-hybridized carbons (Fsp3) is 0.233. The second-order valence-electron chi connectivity index (χ2n) is 10.8. The predicted octanol–water partition coefficient (Wildman–Crippen LogP) is 4.41. The van der Waals surface area contributed by atoms with E-state index in [0.29, 0.717) is 45.0 Å². The summed E-state index contributed by atoms with van der Waals surface area (Å²) in [5.74, 6) is 0.0245. The quantitative estimate of drug-likeness (QED) is 0.234. The van der Waals surface area contributed by atoms with Crippen LogP contribution < -0.4 is 4.72 Å². The van der Waals surface area contributed by atoms with E-state index in [2.05, 4.69) is 45.8 Å². The van der Waals surface area contributed by atoms with Gasteiger partial charge in [0.1, 0.15) is 17.0 Å². The molecular formula is C30H28FN9O2S. The van der Waals surface area contributed by atoms with Gasteiger partial charge in [0.15, 0.2) is 11.5 Å². The van der Waals surface area contributed by atoms with Crippen LogP contribution in [0.4, 0.5) is 4.39 Å². The number of nitrogens with one attached hydrogen (secondary N) is 3. The second kappa shape index (κ2) is 10.9. The predicted molar refractivity (Wildman–Crippen MR) is 162 cm³/mol. The van der Waals surface area contributed by atoms with Crippen LogP contribution in [0.25, 0.3) is 56.0 Å². The Morgan fingerprint density at radius 1 is 0.977 bits per heavy atom. The third-order valence-corrected chi connectivity index (χ3v) is 8.22. The molecule has 43 heavy (non-hydrogen) atoms. The highest BCUT2D eigenvalue weighted by Gasteiger charge is 2.18. The van der Waals surface area contributed by atoms with Crippen molar-refractivity contribution >= 4 is 32.1 Å². The number of rotatable bonds is 8. The lowest BCUT2D eigenvalue weighted by molar-refractivity contribution is 0.331. The Bertz CT molecular complexity index is 2080. The van der Waals surface area contributed by atoms with E-state index in [4.69, 9.17) is 4.98 Å². The molecule has 1 saturated heterocycles. The molecule has 0 spiro atoms. The summed E-state index contributed by atoms with van der Waals surface area (Å²) in [4.78, 5) is 24.2. The number of likely N-dealkylation sites (tertiary alicyclic amines) is 1. The summed E-state index contributed by atoms with van der Waals surface area (Å²) < 4.78 is 40.1. The van der Waals surface area contributed by atoms with Crippen molar-refractivity contribution in [1.82, 2.24) is 44.7 Å². The van der Waals surface area contributed by atoms with E-state index >= 15 is 0 Å². The lowest BCUT2D eigenvalue weighted by Crippen LogP contribution is -2.21. The average Bonchev–Trinajstić information content (AvgIpc) is 3.75. The smallest absolute Gasteiger partial charge is 0.209 e. The maximum Gasteiger partial charge on any atom is 0.209 e. The third-order valence-electron chi connectivity index (χ3n) is 7.55. The molecule has 7 rings (SSSR count). The SMILES string of the molecule is CS(=O)(=O)NCc1cc(F)cc(-c2nccc3[nH]c(-c4[nH]nc5ncc(-c6cncc(CN7CCCC7)c6)cc45)nc23)c1. The number of aromatic nitrogens is 7. The van der Waals surface area contributed by atoms with Crippen molar-refractivity contribution in [3.05, 3.63) is 78.1 Å². The van der Waals surface area contributed by atoms with E-state index in [-0.39, 0.29) is 6.54 Å². The molecule has 218 valence electrons. The highest BCUT2D eigenvalue weighted by Crippen LogP contribution is 2.32. The van der Waals surface area contributed by atoms with Crippen LogP contribution in [0.3, 0.4) is 0 Å². The number of fused-ring (bicyclic) bond motifs is 2. The monoisotopic (exact) mass is 597 g/mol. The van der Waals surface area contributed by atoms with Crippen LogP contribution in [0.15, 0.2) is 61.2 Å². The van der Waals surface area contributed by atoms with Gasteiger partial charge in [-0.25, -0.2) is 27.5 Å². The minimum Gasteiger partial charge on any atom is -0.337 e. The molecule has 1 aliphatic rings. The number of pyridine rings is 3. The highest BCUT2D eigenvalue weighted by molar-refractivity contribution is 7.88. The van der Waals surface area contributed by atoms with Gasteiger partial charge in [0.2, 0.25) is 10.0 Å². The molecule has 1 fully saturated rings. The van der Waals surface area contributed by atoms with Gasteiger partial charge in [-0.3, -0.25) is 20.0 Å². The molecule has 5 aromatic heterocycles. The minimum absolute atomic E-state index is 0.0441. The van der Waals surface area contributed by atoms with E-state index in [0.717, 1.165) is 48.0 Å². The van der Waals surface area contributed by atoms with Crippen LogP contribution >= 0.6 is 0 Å². The van der Waals surface area contributed by atoms with Crippen LogP contribution in [0.5, 0.6) is 0 Å². The zero-order chi connectivity index (χ0) is 29.6. The largest absolute Gasteiger partial charge is 0.337 e. The number of imidazole rings is 1. The van der Waals surface area contributed by atoms with Crippen LogP contribution in [0.1, 0.15) is 24.0 Å². The second-order valence-corrected chi connectivity index (χ2v) is 12.7. The number of nitrogens with zero attached hydrogens (tertiary/aromatic N) is 6. The number of hydrogen-bond acceptors (Lipinski definition) is 8. The molecule has 0 aliphatic carbocycles. The molecule has 11 nitrogen and oxygen atoms in total. The van der Waals surface area contributed by atoms with Gasteiger partial charge < -0.3 is 4.98 Å². The summed E-state index contributed by atoms with van der Waals surface area (Å²) in [7, 11) is -3.44. The summed E-state index contributed by atoms with van der Waals surface area (Å²) in [6, 6.07) is 10.3. The number of sulfonamides is 1.